The fourth-order valence-corrected chi connectivity index (χ4v) is 2.34. The summed E-state index contributed by atoms with van der Waals surface area (Å²) in [6.07, 6.45) is 0. The minimum Gasteiger partial charge on any atom is -0.392 e. The fraction of sp³-hybridized carbons (Fsp3) is 0.0909. The largest absolute Gasteiger partial charge is 0.392 e. The predicted molar refractivity (Wildman–Crippen MR) is 64.9 cm³/mol. The Morgan fingerprint density at radius 2 is 1.47 bits per heavy atom. The highest BCUT2D eigenvalue weighted by atomic mass is 35.5. The summed E-state index contributed by atoms with van der Waals surface area (Å²) in [5, 5.41) is 11.9. The van der Waals surface area contributed by atoms with Crippen molar-refractivity contribution in [3.8, 4) is 0 Å². The van der Waals surface area contributed by atoms with E-state index in [0.29, 0.717) is 20.6 Å². The lowest BCUT2D eigenvalue weighted by molar-refractivity contribution is 0.283. The lowest BCUT2D eigenvalue weighted by atomic mass is 10.0. The number of rotatable bonds is 1. The number of hydrogen-bond acceptors (Lipinski definition) is 1. The minimum atomic E-state index is -0.157. The molecule has 2 aromatic carbocycles. The highest BCUT2D eigenvalue weighted by Crippen LogP contribution is 2.40. The quantitative estimate of drug-likeness (QED) is 0.759. The van der Waals surface area contributed by atoms with Gasteiger partial charge in [0.25, 0.3) is 0 Å². The molecule has 0 spiro atoms. The first-order chi connectivity index (χ1) is 7.16. The highest BCUT2D eigenvalue weighted by molar-refractivity contribution is 6.51. The van der Waals surface area contributed by atoms with E-state index in [9.17, 15) is 5.11 Å². The summed E-state index contributed by atoms with van der Waals surface area (Å²) in [6.45, 7) is -0.157. The summed E-state index contributed by atoms with van der Waals surface area (Å²) in [5.41, 5.74) is 0.613. The zero-order chi connectivity index (χ0) is 11.0. The summed E-state index contributed by atoms with van der Waals surface area (Å²) >= 11 is 18.0. The van der Waals surface area contributed by atoms with Gasteiger partial charge in [-0.05, 0) is 5.39 Å². The lowest BCUT2D eigenvalue weighted by Crippen LogP contribution is -1.90. The normalized spacial score (nSPS) is 10.9. The van der Waals surface area contributed by atoms with Gasteiger partial charge in [-0.25, -0.2) is 0 Å². The van der Waals surface area contributed by atoms with E-state index in [1.165, 1.54) is 0 Å². The van der Waals surface area contributed by atoms with E-state index in [4.69, 9.17) is 34.8 Å². The molecular formula is C11H7Cl3O. The van der Waals surface area contributed by atoms with Crippen molar-refractivity contribution < 1.29 is 5.11 Å². The fourth-order valence-electron chi connectivity index (χ4n) is 1.56. The molecule has 0 fully saturated rings. The number of hydrogen-bond donors (Lipinski definition) is 1. The first kappa shape index (κ1) is 11.0. The van der Waals surface area contributed by atoms with Crippen LogP contribution in [0.15, 0.2) is 24.3 Å². The molecule has 0 unspecified atom stereocenters. The van der Waals surface area contributed by atoms with Gasteiger partial charge in [0.1, 0.15) is 0 Å². The van der Waals surface area contributed by atoms with Crippen molar-refractivity contribution in [1.82, 2.24) is 0 Å². The molecule has 0 atom stereocenters. The predicted octanol–water partition coefficient (Wildman–Crippen LogP) is 4.29. The van der Waals surface area contributed by atoms with Gasteiger partial charge in [0.2, 0.25) is 0 Å². The second-order valence-corrected chi connectivity index (χ2v) is 4.26. The standard InChI is InChI=1S/C11H7Cl3O/c12-9-7-4-2-1-3-6(7)8(5-15)10(13)11(9)14/h1-4,15H,5H2. The van der Waals surface area contributed by atoms with Gasteiger partial charge in [-0.3, -0.25) is 0 Å². The Labute approximate surface area is 102 Å². The second kappa shape index (κ2) is 4.18. The van der Waals surface area contributed by atoms with Crippen LogP contribution < -0.4 is 0 Å². The SMILES string of the molecule is OCc1c(Cl)c(Cl)c(Cl)c2ccccc12. The van der Waals surface area contributed by atoms with Crippen molar-refractivity contribution in [2.45, 2.75) is 6.61 Å². The molecule has 0 saturated heterocycles. The number of fused-ring (bicyclic) bond motifs is 1. The van der Waals surface area contributed by atoms with E-state index in [0.717, 1.165) is 10.8 Å². The minimum absolute atomic E-state index is 0.157. The van der Waals surface area contributed by atoms with Crippen molar-refractivity contribution in [2.75, 3.05) is 0 Å². The Balaban J connectivity index is 2.98. The number of aliphatic hydroxyl groups is 1. The van der Waals surface area contributed by atoms with E-state index in [1.54, 1.807) is 0 Å². The van der Waals surface area contributed by atoms with Crippen LogP contribution in [0.4, 0.5) is 0 Å². The summed E-state index contributed by atoms with van der Waals surface area (Å²) in [4.78, 5) is 0. The third-order valence-corrected chi connectivity index (χ3v) is 3.68. The third kappa shape index (κ3) is 1.70. The molecule has 0 aliphatic rings. The average Bonchev–Trinajstić information content (AvgIpc) is 2.27. The second-order valence-electron chi connectivity index (χ2n) is 3.12. The van der Waals surface area contributed by atoms with Crippen molar-refractivity contribution in [3.63, 3.8) is 0 Å². The Morgan fingerprint density at radius 3 is 2.07 bits per heavy atom. The van der Waals surface area contributed by atoms with Crippen LogP contribution in [-0.2, 0) is 6.61 Å². The van der Waals surface area contributed by atoms with Crippen molar-refractivity contribution in [1.29, 1.82) is 0 Å². The summed E-state index contributed by atoms with van der Waals surface area (Å²) in [5.74, 6) is 0. The van der Waals surface area contributed by atoms with Crippen LogP contribution >= 0.6 is 34.8 Å². The molecule has 2 rings (SSSR count). The molecule has 0 bridgehead atoms. The molecule has 0 heterocycles. The van der Waals surface area contributed by atoms with Gasteiger partial charge in [-0.1, -0.05) is 59.1 Å². The van der Waals surface area contributed by atoms with Crippen LogP contribution in [0.3, 0.4) is 0 Å². The number of benzene rings is 2. The van der Waals surface area contributed by atoms with Gasteiger partial charge >= 0.3 is 0 Å². The van der Waals surface area contributed by atoms with Gasteiger partial charge < -0.3 is 5.11 Å². The van der Waals surface area contributed by atoms with E-state index in [-0.39, 0.29) is 6.61 Å². The Hall–Kier alpha value is -0.470. The first-order valence-corrected chi connectivity index (χ1v) is 5.45. The molecule has 1 N–H and O–H groups in total. The molecule has 0 amide bonds. The highest BCUT2D eigenvalue weighted by Gasteiger charge is 2.14. The van der Waals surface area contributed by atoms with Crippen LogP contribution in [0.1, 0.15) is 5.56 Å². The van der Waals surface area contributed by atoms with Crippen LogP contribution in [0, 0.1) is 0 Å². The monoisotopic (exact) mass is 260 g/mol. The molecule has 0 radical (unpaired) electrons. The van der Waals surface area contributed by atoms with Crippen LogP contribution in [0.2, 0.25) is 15.1 Å². The number of halogens is 3. The Bertz CT molecular complexity index is 523. The molecule has 4 heteroatoms. The molecule has 0 aromatic heterocycles. The molecule has 78 valence electrons. The molecule has 0 saturated carbocycles. The van der Waals surface area contributed by atoms with Gasteiger partial charge in [0.15, 0.2) is 0 Å². The summed E-state index contributed by atoms with van der Waals surface area (Å²) < 4.78 is 0. The lowest BCUT2D eigenvalue weighted by Gasteiger charge is -2.10. The first-order valence-electron chi connectivity index (χ1n) is 4.31. The van der Waals surface area contributed by atoms with Crippen LogP contribution in [-0.4, -0.2) is 5.11 Å². The molecule has 0 aliphatic heterocycles. The van der Waals surface area contributed by atoms with Crippen molar-refractivity contribution in [3.05, 3.63) is 44.9 Å². The topological polar surface area (TPSA) is 20.2 Å². The van der Waals surface area contributed by atoms with Crippen molar-refractivity contribution >= 4 is 45.6 Å². The maximum Gasteiger partial charge on any atom is 0.0788 e. The van der Waals surface area contributed by atoms with Gasteiger partial charge in [0.05, 0.1) is 21.7 Å². The van der Waals surface area contributed by atoms with Gasteiger partial charge in [-0.2, -0.15) is 0 Å². The maximum atomic E-state index is 9.25. The molecular weight excluding hydrogens is 254 g/mol. The van der Waals surface area contributed by atoms with Crippen LogP contribution in [0.25, 0.3) is 10.8 Å². The molecule has 0 aliphatic carbocycles. The Morgan fingerprint density at radius 1 is 0.867 bits per heavy atom. The summed E-state index contributed by atoms with van der Waals surface area (Å²) in [6, 6.07) is 7.43. The van der Waals surface area contributed by atoms with E-state index in [1.807, 2.05) is 24.3 Å². The average molecular weight is 262 g/mol. The van der Waals surface area contributed by atoms with Crippen LogP contribution in [0.5, 0.6) is 0 Å². The summed E-state index contributed by atoms with van der Waals surface area (Å²) in [7, 11) is 0. The third-order valence-electron chi connectivity index (χ3n) is 2.30. The molecule has 15 heavy (non-hydrogen) atoms. The Kier molecular flexibility index (Phi) is 3.08. The van der Waals surface area contributed by atoms with E-state index < -0.39 is 0 Å². The van der Waals surface area contributed by atoms with Gasteiger partial charge in [0, 0.05) is 10.9 Å². The molecule has 1 nitrogen and oxygen atoms in total. The zero-order valence-corrected chi connectivity index (χ0v) is 9.87. The molecule has 2 aromatic rings. The number of aliphatic hydroxyl groups excluding tert-OH is 1. The van der Waals surface area contributed by atoms with E-state index in [2.05, 4.69) is 0 Å². The van der Waals surface area contributed by atoms with Crippen molar-refractivity contribution in [2.24, 2.45) is 0 Å². The maximum absolute atomic E-state index is 9.25. The van der Waals surface area contributed by atoms with Gasteiger partial charge in [-0.15, -0.1) is 0 Å². The van der Waals surface area contributed by atoms with E-state index >= 15 is 0 Å². The smallest absolute Gasteiger partial charge is 0.0788 e. The zero-order valence-electron chi connectivity index (χ0n) is 7.60.